The van der Waals surface area contributed by atoms with E-state index in [0.717, 1.165) is 44.9 Å². The topological polar surface area (TPSA) is 38.7 Å². The third-order valence-corrected chi connectivity index (χ3v) is 9.24. The predicted molar refractivity (Wildman–Crippen MR) is 198 cm³/mol. The smallest absolute Gasteiger partial charge is 0.169 e. The van der Waals surface area contributed by atoms with Crippen LogP contribution in [0.3, 0.4) is 0 Å². The summed E-state index contributed by atoms with van der Waals surface area (Å²) in [6.07, 6.45) is 51.1. The average molecular weight is 629 g/mol. The summed E-state index contributed by atoms with van der Waals surface area (Å²) in [5, 5.41) is 10.4. The van der Waals surface area contributed by atoms with E-state index in [4.69, 9.17) is 9.47 Å². The molecule has 0 aromatic rings. The van der Waals surface area contributed by atoms with E-state index < -0.39 is 11.9 Å². The highest BCUT2D eigenvalue weighted by molar-refractivity contribution is 4.93. The molecule has 1 N–H and O–H groups in total. The fourth-order valence-electron chi connectivity index (χ4n) is 6.18. The van der Waals surface area contributed by atoms with Gasteiger partial charge in [0.25, 0.3) is 0 Å². The molecule has 1 unspecified atom stereocenters. The van der Waals surface area contributed by atoms with E-state index in [-0.39, 0.29) is 6.10 Å². The first kappa shape index (κ1) is 41.9. The van der Waals surface area contributed by atoms with E-state index in [1.807, 2.05) is 6.92 Å². The molecule has 1 fully saturated rings. The number of hydrogen-bond donors (Lipinski definition) is 1. The summed E-state index contributed by atoms with van der Waals surface area (Å²) in [4.78, 5) is 0. The van der Waals surface area contributed by atoms with E-state index >= 15 is 0 Å². The summed E-state index contributed by atoms with van der Waals surface area (Å²) in [7, 11) is 0. The molecular weight excluding hydrogens is 552 g/mol. The Morgan fingerprint density at radius 3 is 1.31 bits per heavy atom. The van der Waals surface area contributed by atoms with Crippen LogP contribution in [0, 0.1) is 0 Å². The largest absolute Gasteiger partial charge is 0.390 e. The average Bonchev–Trinajstić information content (AvgIpc) is 3.48. The molecule has 0 aromatic carbocycles. The lowest BCUT2D eigenvalue weighted by molar-refractivity contribution is -0.188. The highest BCUT2D eigenvalue weighted by atomic mass is 16.7. The van der Waals surface area contributed by atoms with Crippen molar-refractivity contribution in [2.45, 2.75) is 212 Å². The zero-order chi connectivity index (χ0) is 32.5. The maximum Gasteiger partial charge on any atom is 0.169 e. The van der Waals surface area contributed by atoms with Crippen LogP contribution < -0.4 is 0 Å². The zero-order valence-electron chi connectivity index (χ0n) is 30.3. The Bertz CT molecular complexity index is 688. The Kier molecular flexibility index (Phi) is 29.2. The molecule has 0 spiro atoms. The Morgan fingerprint density at radius 2 is 0.911 bits per heavy atom. The van der Waals surface area contributed by atoms with Crippen LogP contribution in [0.2, 0.25) is 0 Å². The first-order valence-electron chi connectivity index (χ1n) is 19.8. The number of aliphatic hydroxyl groups excluding tert-OH is 1. The lowest BCUT2D eigenvalue weighted by Gasteiger charge is -2.29. The second-order valence-electron chi connectivity index (χ2n) is 13.5. The van der Waals surface area contributed by atoms with Crippen molar-refractivity contribution in [3.05, 3.63) is 48.6 Å². The van der Waals surface area contributed by atoms with Gasteiger partial charge in [-0.15, -0.1) is 0 Å². The molecule has 1 heterocycles. The van der Waals surface area contributed by atoms with E-state index in [9.17, 15) is 5.11 Å². The highest BCUT2D eigenvalue weighted by Crippen LogP contribution is 2.36. The van der Waals surface area contributed by atoms with Crippen molar-refractivity contribution in [1.29, 1.82) is 0 Å². The minimum Gasteiger partial charge on any atom is -0.390 e. The van der Waals surface area contributed by atoms with Crippen molar-refractivity contribution in [3.8, 4) is 0 Å². The Labute approximate surface area is 281 Å². The Hall–Kier alpha value is -1.16. The number of aliphatic hydroxyl groups is 1. The molecule has 0 amide bonds. The van der Waals surface area contributed by atoms with Crippen molar-refractivity contribution in [2.75, 3.05) is 6.61 Å². The number of allylic oxidation sites excluding steroid dienone is 8. The highest BCUT2D eigenvalue weighted by Gasteiger charge is 2.42. The van der Waals surface area contributed by atoms with Crippen LogP contribution in [0.15, 0.2) is 48.6 Å². The van der Waals surface area contributed by atoms with Crippen LogP contribution in [0.5, 0.6) is 0 Å². The van der Waals surface area contributed by atoms with Crippen LogP contribution in [0.1, 0.15) is 194 Å². The molecule has 262 valence electrons. The van der Waals surface area contributed by atoms with Crippen LogP contribution >= 0.6 is 0 Å². The SMILES string of the molecule is CCCCC/C=C\C/C=C\CCCCCCCCC1(CCCCCCCC/C=C\C/C=C\CCCCC)OC[C@@H](C(O)CC)O1. The van der Waals surface area contributed by atoms with Gasteiger partial charge >= 0.3 is 0 Å². The van der Waals surface area contributed by atoms with Gasteiger partial charge in [-0.2, -0.15) is 0 Å². The van der Waals surface area contributed by atoms with Crippen molar-refractivity contribution < 1.29 is 14.6 Å². The van der Waals surface area contributed by atoms with E-state index in [1.165, 1.54) is 128 Å². The van der Waals surface area contributed by atoms with Gasteiger partial charge in [-0.1, -0.05) is 146 Å². The van der Waals surface area contributed by atoms with E-state index in [0.29, 0.717) is 6.61 Å². The lowest BCUT2D eigenvalue weighted by Crippen LogP contribution is -2.34. The predicted octanol–water partition coefficient (Wildman–Crippen LogP) is 13.3. The normalized spacial score (nSPS) is 17.6. The minimum atomic E-state index is -0.467. The third-order valence-electron chi connectivity index (χ3n) is 9.24. The fraction of sp³-hybridized carbons (Fsp3) is 0.810. The van der Waals surface area contributed by atoms with E-state index in [2.05, 4.69) is 62.5 Å². The second-order valence-corrected chi connectivity index (χ2v) is 13.5. The van der Waals surface area contributed by atoms with Gasteiger partial charge in [0.2, 0.25) is 0 Å². The van der Waals surface area contributed by atoms with Crippen molar-refractivity contribution in [3.63, 3.8) is 0 Å². The fourth-order valence-corrected chi connectivity index (χ4v) is 6.18. The molecule has 0 radical (unpaired) electrons. The standard InChI is InChI=1S/C42H76O3/c1-4-7-9-11-13-15-17-19-21-23-25-27-29-31-33-35-37-42(44-39-41(45-42)40(43)6-3)38-36-34-32-30-28-26-24-22-20-18-16-14-12-10-8-5-2/h13-16,19-22,40-41,43H,4-12,17-18,23-39H2,1-3H3/b15-13-,16-14-,21-19-,22-20-/t40?,41-/m0/s1. The number of ether oxygens (including phenoxy) is 2. The maximum absolute atomic E-state index is 10.4. The third kappa shape index (κ3) is 24.6. The van der Waals surface area contributed by atoms with Gasteiger partial charge in [-0.25, -0.2) is 0 Å². The summed E-state index contributed by atoms with van der Waals surface area (Å²) in [6.45, 7) is 7.09. The summed E-state index contributed by atoms with van der Waals surface area (Å²) >= 11 is 0. The molecule has 1 aliphatic rings. The molecule has 1 saturated heterocycles. The molecule has 1 aliphatic heterocycles. The van der Waals surface area contributed by atoms with Gasteiger partial charge < -0.3 is 14.6 Å². The molecule has 1 rings (SSSR count). The molecule has 0 bridgehead atoms. The first-order valence-corrected chi connectivity index (χ1v) is 19.8. The molecule has 3 heteroatoms. The van der Waals surface area contributed by atoms with Gasteiger partial charge in [0.1, 0.15) is 6.10 Å². The summed E-state index contributed by atoms with van der Waals surface area (Å²) in [5.74, 6) is -0.467. The van der Waals surface area contributed by atoms with Crippen LogP contribution in [0.4, 0.5) is 0 Å². The maximum atomic E-state index is 10.4. The monoisotopic (exact) mass is 629 g/mol. The minimum absolute atomic E-state index is 0.163. The molecule has 2 atom stereocenters. The Balaban J connectivity index is 2.14. The van der Waals surface area contributed by atoms with Gasteiger partial charge in [-0.05, 0) is 83.5 Å². The number of rotatable bonds is 32. The molecular formula is C42H76O3. The Morgan fingerprint density at radius 1 is 0.533 bits per heavy atom. The number of unbranched alkanes of at least 4 members (excludes halogenated alkanes) is 18. The van der Waals surface area contributed by atoms with Crippen LogP contribution in [-0.4, -0.2) is 29.7 Å². The summed E-state index contributed by atoms with van der Waals surface area (Å²) < 4.78 is 12.8. The van der Waals surface area contributed by atoms with Gasteiger partial charge in [0.15, 0.2) is 5.79 Å². The van der Waals surface area contributed by atoms with Gasteiger partial charge in [0.05, 0.1) is 12.7 Å². The van der Waals surface area contributed by atoms with Gasteiger partial charge in [0, 0.05) is 12.8 Å². The lowest BCUT2D eigenvalue weighted by atomic mass is 9.98. The molecule has 0 aromatic heterocycles. The summed E-state index contributed by atoms with van der Waals surface area (Å²) in [6, 6.07) is 0. The molecule has 0 aliphatic carbocycles. The van der Waals surface area contributed by atoms with Crippen LogP contribution in [0.25, 0.3) is 0 Å². The zero-order valence-corrected chi connectivity index (χ0v) is 30.3. The van der Waals surface area contributed by atoms with Crippen molar-refractivity contribution in [1.82, 2.24) is 0 Å². The number of hydrogen-bond acceptors (Lipinski definition) is 3. The molecule has 3 nitrogen and oxygen atoms in total. The van der Waals surface area contributed by atoms with Crippen molar-refractivity contribution in [2.24, 2.45) is 0 Å². The second kappa shape index (κ2) is 31.4. The van der Waals surface area contributed by atoms with E-state index in [1.54, 1.807) is 0 Å². The molecule has 0 saturated carbocycles. The van der Waals surface area contributed by atoms with Crippen molar-refractivity contribution >= 4 is 0 Å². The van der Waals surface area contributed by atoms with Gasteiger partial charge in [-0.3, -0.25) is 0 Å². The first-order chi connectivity index (χ1) is 22.2. The summed E-state index contributed by atoms with van der Waals surface area (Å²) in [5.41, 5.74) is 0. The quantitative estimate of drug-likeness (QED) is 0.0595. The van der Waals surface area contributed by atoms with Crippen LogP contribution in [-0.2, 0) is 9.47 Å². The molecule has 45 heavy (non-hydrogen) atoms.